The molecule has 1 heterocycles. The van der Waals surface area contributed by atoms with Crippen LogP contribution < -0.4 is 5.32 Å². The highest BCUT2D eigenvalue weighted by atomic mass is 35.5. The van der Waals surface area contributed by atoms with Crippen molar-refractivity contribution in [2.45, 2.75) is 26.2 Å². The molecule has 1 aromatic rings. The van der Waals surface area contributed by atoms with Crippen LogP contribution in [0, 0.1) is 5.92 Å². The molecule has 0 aromatic heterocycles. The predicted molar refractivity (Wildman–Crippen MR) is 88.5 cm³/mol. The number of benzene rings is 1. The van der Waals surface area contributed by atoms with Crippen LogP contribution >= 0.6 is 12.4 Å². The van der Waals surface area contributed by atoms with Crippen molar-refractivity contribution in [3.05, 3.63) is 29.8 Å². The molecule has 2 rings (SSSR count). The normalized spacial score (nSPS) is 15.9. The number of aliphatic carboxylic acids is 1. The first kappa shape index (κ1) is 18.5. The molecule has 1 aromatic carbocycles. The highest BCUT2D eigenvalue weighted by molar-refractivity contribution is 5.92. The minimum absolute atomic E-state index is 0. The summed E-state index contributed by atoms with van der Waals surface area (Å²) in [6, 6.07) is 7.84. The average molecular weight is 327 g/mol. The maximum absolute atomic E-state index is 12.0. The van der Waals surface area contributed by atoms with E-state index < -0.39 is 5.97 Å². The Labute approximate surface area is 137 Å². The number of nitrogens with zero attached hydrogens (tertiary/aromatic N) is 1. The summed E-state index contributed by atoms with van der Waals surface area (Å²) in [5.74, 6) is -1.03. The Morgan fingerprint density at radius 3 is 2.32 bits per heavy atom. The molecule has 122 valence electrons. The van der Waals surface area contributed by atoms with Gasteiger partial charge in [0, 0.05) is 5.69 Å². The van der Waals surface area contributed by atoms with Gasteiger partial charge >= 0.3 is 5.97 Å². The number of carboxylic acid groups (broad SMARTS) is 1. The van der Waals surface area contributed by atoms with Gasteiger partial charge in [-0.05, 0) is 50.0 Å². The first-order valence-electron chi connectivity index (χ1n) is 7.42. The largest absolute Gasteiger partial charge is 0.481 e. The fraction of sp³-hybridized carbons (Fsp3) is 0.500. The second-order valence-electron chi connectivity index (χ2n) is 5.49. The van der Waals surface area contributed by atoms with Gasteiger partial charge in [-0.3, -0.25) is 14.5 Å². The van der Waals surface area contributed by atoms with Crippen LogP contribution in [0.5, 0.6) is 0 Å². The molecule has 1 saturated heterocycles. The molecule has 5 nitrogen and oxygen atoms in total. The highest BCUT2D eigenvalue weighted by Gasteiger charge is 2.25. The van der Waals surface area contributed by atoms with Gasteiger partial charge in [-0.25, -0.2) is 0 Å². The Balaban J connectivity index is 0.00000242. The molecule has 0 saturated carbocycles. The molecule has 0 unspecified atom stereocenters. The fourth-order valence-corrected chi connectivity index (χ4v) is 2.57. The van der Waals surface area contributed by atoms with Crippen molar-refractivity contribution in [2.24, 2.45) is 5.92 Å². The van der Waals surface area contributed by atoms with Crippen LogP contribution in [0.4, 0.5) is 5.69 Å². The summed E-state index contributed by atoms with van der Waals surface area (Å²) in [6.45, 7) is 3.74. The molecule has 0 atom stereocenters. The number of amides is 1. The van der Waals surface area contributed by atoms with Gasteiger partial charge in [-0.15, -0.1) is 12.4 Å². The van der Waals surface area contributed by atoms with Gasteiger partial charge in [-0.2, -0.15) is 0 Å². The van der Waals surface area contributed by atoms with E-state index in [1.165, 1.54) is 5.56 Å². The van der Waals surface area contributed by atoms with E-state index in [2.05, 4.69) is 12.2 Å². The van der Waals surface area contributed by atoms with Gasteiger partial charge < -0.3 is 10.4 Å². The smallest absolute Gasteiger partial charge is 0.306 e. The summed E-state index contributed by atoms with van der Waals surface area (Å²) in [7, 11) is 0. The van der Waals surface area contributed by atoms with E-state index in [1.807, 2.05) is 29.2 Å². The van der Waals surface area contributed by atoms with Crippen LogP contribution in [0.25, 0.3) is 0 Å². The summed E-state index contributed by atoms with van der Waals surface area (Å²) < 4.78 is 0. The Bertz CT molecular complexity index is 497. The third-order valence-corrected chi connectivity index (χ3v) is 3.95. The molecular formula is C16H23ClN2O3. The number of carbonyl (C=O) groups is 2. The molecule has 0 aliphatic carbocycles. The van der Waals surface area contributed by atoms with Gasteiger partial charge in [0.1, 0.15) is 0 Å². The fourth-order valence-electron chi connectivity index (χ4n) is 2.57. The quantitative estimate of drug-likeness (QED) is 0.871. The first-order valence-corrected chi connectivity index (χ1v) is 7.42. The number of hydrogen-bond donors (Lipinski definition) is 2. The number of nitrogens with one attached hydrogen (secondary N) is 1. The predicted octanol–water partition coefficient (Wildman–Crippen LogP) is 2.41. The topological polar surface area (TPSA) is 69.6 Å². The number of carboxylic acids is 1. The third kappa shape index (κ3) is 5.31. The second kappa shape index (κ2) is 8.76. The lowest BCUT2D eigenvalue weighted by atomic mass is 9.97. The zero-order valence-corrected chi connectivity index (χ0v) is 13.6. The van der Waals surface area contributed by atoms with Gasteiger partial charge in [0.05, 0.1) is 12.5 Å². The Hall–Kier alpha value is -1.59. The van der Waals surface area contributed by atoms with Gasteiger partial charge in [-0.1, -0.05) is 19.1 Å². The molecule has 22 heavy (non-hydrogen) atoms. The summed E-state index contributed by atoms with van der Waals surface area (Å²) in [5.41, 5.74) is 2.04. The number of aryl methyl sites for hydroxylation is 1. The zero-order valence-electron chi connectivity index (χ0n) is 12.7. The number of piperidine rings is 1. The van der Waals surface area contributed by atoms with Crippen molar-refractivity contribution in [1.82, 2.24) is 4.90 Å². The number of carbonyl (C=O) groups excluding carboxylic acids is 1. The Morgan fingerprint density at radius 2 is 1.82 bits per heavy atom. The molecule has 1 aliphatic rings. The van der Waals surface area contributed by atoms with E-state index in [1.54, 1.807) is 0 Å². The number of anilines is 1. The molecule has 6 heteroatoms. The molecule has 1 amide bonds. The molecular weight excluding hydrogens is 304 g/mol. The summed E-state index contributed by atoms with van der Waals surface area (Å²) >= 11 is 0. The number of likely N-dealkylation sites (tertiary alicyclic amines) is 1. The SMILES string of the molecule is CCc1ccc(NC(=O)CN2CCC(C(=O)O)CC2)cc1.Cl. The van der Waals surface area contributed by atoms with E-state index in [-0.39, 0.29) is 24.2 Å². The molecule has 2 N–H and O–H groups in total. The Kier molecular flexibility index (Phi) is 7.35. The maximum atomic E-state index is 12.0. The van der Waals surface area contributed by atoms with Crippen LogP contribution in [-0.4, -0.2) is 41.5 Å². The number of hydrogen-bond acceptors (Lipinski definition) is 3. The van der Waals surface area contributed by atoms with Crippen LogP contribution in [0.15, 0.2) is 24.3 Å². The van der Waals surface area contributed by atoms with Crippen molar-refractivity contribution >= 4 is 30.0 Å². The van der Waals surface area contributed by atoms with E-state index >= 15 is 0 Å². The number of rotatable bonds is 5. The van der Waals surface area contributed by atoms with Crippen molar-refractivity contribution in [3.8, 4) is 0 Å². The average Bonchev–Trinajstić information content (AvgIpc) is 2.48. The lowest BCUT2D eigenvalue weighted by molar-refractivity contribution is -0.143. The standard InChI is InChI=1S/C16H22N2O3.ClH/c1-2-12-3-5-14(6-4-12)17-15(19)11-18-9-7-13(8-10-18)16(20)21;/h3-6,13H,2,7-11H2,1H3,(H,17,19)(H,20,21);1H. The monoisotopic (exact) mass is 326 g/mol. The van der Waals surface area contributed by atoms with Crippen LogP contribution in [-0.2, 0) is 16.0 Å². The second-order valence-corrected chi connectivity index (χ2v) is 5.49. The van der Waals surface area contributed by atoms with Crippen molar-refractivity contribution in [3.63, 3.8) is 0 Å². The van der Waals surface area contributed by atoms with Gasteiger partial charge in [0.25, 0.3) is 0 Å². The Morgan fingerprint density at radius 1 is 1.23 bits per heavy atom. The zero-order chi connectivity index (χ0) is 15.2. The highest BCUT2D eigenvalue weighted by Crippen LogP contribution is 2.17. The van der Waals surface area contributed by atoms with Crippen LogP contribution in [0.2, 0.25) is 0 Å². The van der Waals surface area contributed by atoms with E-state index in [9.17, 15) is 9.59 Å². The lowest BCUT2D eigenvalue weighted by Crippen LogP contribution is -2.40. The molecule has 0 bridgehead atoms. The minimum atomic E-state index is -0.727. The van der Waals surface area contributed by atoms with E-state index in [0.29, 0.717) is 32.5 Å². The first-order chi connectivity index (χ1) is 10.1. The molecule has 1 fully saturated rings. The van der Waals surface area contributed by atoms with Crippen LogP contribution in [0.3, 0.4) is 0 Å². The number of halogens is 1. The van der Waals surface area contributed by atoms with Crippen molar-refractivity contribution in [2.75, 3.05) is 25.0 Å². The van der Waals surface area contributed by atoms with Crippen molar-refractivity contribution in [1.29, 1.82) is 0 Å². The van der Waals surface area contributed by atoms with Gasteiger partial charge in [0.15, 0.2) is 0 Å². The van der Waals surface area contributed by atoms with Crippen LogP contribution in [0.1, 0.15) is 25.3 Å². The van der Waals surface area contributed by atoms with Gasteiger partial charge in [0.2, 0.25) is 5.91 Å². The lowest BCUT2D eigenvalue weighted by Gasteiger charge is -2.29. The summed E-state index contributed by atoms with van der Waals surface area (Å²) in [5, 5.41) is 11.8. The summed E-state index contributed by atoms with van der Waals surface area (Å²) in [6.07, 6.45) is 2.22. The van der Waals surface area contributed by atoms with E-state index in [0.717, 1.165) is 12.1 Å². The van der Waals surface area contributed by atoms with Crippen molar-refractivity contribution < 1.29 is 14.7 Å². The third-order valence-electron chi connectivity index (χ3n) is 3.95. The molecule has 1 aliphatic heterocycles. The van der Waals surface area contributed by atoms with E-state index in [4.69, 9.17) is 5.11 Å². The minimum Gasteiger partial charge on any atom is -0.481 e. The maximum Gasteiger partial charge on any atom is 0.306 e. The summed E-state index contributed by atoms with van der Waals surface area (Å²) in [4.78, 5) is 24.9. The molecule has 0 radical (unpaired) electrons. The molecule has 0 spiro atoms.